The SMILES string of the molecule is COC(=O)c1cncc(C=CCC(N)=O)c1. The number of primary amides is 1. The van der Waals surface area contributed by atoms with E-state index in [2.05, 4.69) is 9.72 Å². The maximum Gasteiger partial charge on any atom is 0.339 e. The van der Waals surface area contributed by atoms with E-state index in [0.717, 1.165) is 0 Å². The Kier molecular flexibility index (Phi) is 4.20. The highest BCUT2D eigenvalue weighted by molar-refractivity contribution is 5.89. The van der Waals surface area contributed by atoms with Gasteiger partial charge in [0.25, 0.3) is 0 Å². The maximum absolute atomic E-state index is 11.2. The molecular weight excluding hydrogens is 208 g/mol. The predicted molar refractivity (Wildman–Crippen MR) is 58.4 cm³/mol. The fraction of sp³-hybridized carbons (Fsp3) is 0.182. The van der Waals surface area contributed by atoms with E-state index in [1.165, 1.54) is 13.3 Å². The molecule has 1 rings (SSSR count). The number of aromatic nitrogens is 1. The molecule has 16 heavy (non-hydrogen) atoms. The van der Waals surface area contributed by atoms with Crippen molar-refractivity contribution in [1.29, 1.82) is 0 Å². The lowest BCUT2D eigenvalue weighted by Crippen LogP contribution is -2.07. The summed E-state index contributed by atoms with van der Waals surface area (Å²) in [6, 6.07) is 1.62. The number of carbonyl (C=O) groups excluding carboxylic acids is 2. The summed E-state index contributed by atoms with van der Waals surface area (Å²) in [5.74, 6) is -0.856. The molecule has 0 spiro atoms. The van der Waals surface area contributed by atoms with Crippen molar-refractivity contribution >= 4 is 18.0 Å². The van der Waals surface area contributed by atoms with Crippen molar-refractivity contribution in [3.8, 4) is 0 Å². The summed E-state index contributed by atoms with van der Waals surface area (Å²) in [6.45, 7) is 0. The van der Waals surface area contributed by atoms with Crippen molar-refractivity contribution in [3.05, 3.63) is 35.7 Å². The minimum atomic E-state index is -0.447. The molecule has 0 saturated carbocycles. The fourth-order valence-corrected chi connectivity index (χ4v) is 1.09. The Morgan fingerprint density at radius 3 is 2.88 bits per heavy atom. The molecule has 84 valence electrons. The number of nitrogens with zero attached hydrogens (tertiary/aromatic N) is 1. The number of pyridine rings is 1. The molecule has 1 aromatic heterocycles. The Labute approximate surface area is 92.9 Å². The van der Waals surface area contributed by atoms with Crippen molar-refractivity contribution in [2.75, 3.05) is 7.11 Å². The average molecular weight is 220 g/mol. The number of hydrogen-bond acceptors (Lipinski definition) is 4. The summed E-state index contributed by atoms with van der Waals surface area (Å²) in [5, 5.41) is 0. The molecule has 0 unspecified atom stereocenters. The van der Waals surface area contributed by atoms with Crippen molar-refractivity contribution in [1.82, 2.24) is 4.98 Å². The van der Waals surface area contributed by atoms with Crippen molar-refractivity contribution in [2.45, 2.75) is 6.42 Å². The van der Waals surface area contributed by atoms with E-state index in [9.17, 15) is 9.59 Å². The van der Waals surface area contributed by atoms with Gasteiger partial charge in [0.05, 0.1) is 12.7 Å². The smallest absolute Gasteiger partial charge is 0.339 e. The molecule has 0 atom stereocenters. The van der Waals surface area contributed by atoms with E-state index in [0.29, 0.717) is 11.1 Å². The fourth-order valence-electron chi connectivity index (χ4n) is 1.09. The molecule has 1 heterocycles. The van der Waals surface area contributed by atoms with Gasteiger partial charge in [-0.05, 0) is 11.6 Å². The van der Waals surface area contributed by atoms with Crippen molar-refractivity contribution < 1.29 is 14.3 Å². The number of esters is 1. The second-order valence-electron chi connectivity index (χ2n) is 3.07. The lowest BCUT2D eigenvalue weighted by molar-refractivity contribution is -0.117. The Balaban J connectivity index is 2.78. The first kappa shape index (κ1) is 11.9. The Morgan fingerprint density at radius 2 is 2.25 bits per heavy atom. The van der Waals surface area contributed by atoms with Gasteiger partial charge in [-0.3, -0.25) is 9.78 Å². The number of ether oxygens (including phenoxy) is 1. The molecule has 1 aromatic rings. The van der Waals surface area contributed by atoms with Gasteiger partial charge in [0.1, 0.15) is 0 Å². The highest BCUT2D eigenvalue weighted by atomic mass is 16.5. The summed E-state index contributed by atoms with van der Waals surface area (Å²) in [7, 11) is 1.30. The van der Waals surface area contributed by atoms with Gasteiger partial charge >= 0.3 is 5.97 Å². The topological polar surface area (TPSA) is 82.3 Å². The molecule has 1 amide bonds. The van der Waals surface area contributed by atoms with Gasteiger partial charge in [-0.15, -0.1) is 0 Å². The van der Waals surface area contributed by atoms with Crippen LogP contribution in [-0.2, 0) is 9.53 Å². The zero-order valence-electron chi connectivity index (χ0n) is 8.84. The summed E-state index contributed by atoms with van der Waals surface area (Å²) in [4.78, 5) is 25.6. The van der Waals surface area contributed by atoms with Gasteiger partial charge in [0.15, 0.2) is 0 Å². The van der Waals surface area contributed by atoms with Crippen molar-refractivity contribution in [3.63, 3.8) is 0 Å². The largest absolute Gasteiger partial charge is 0.465 e. The number of nitrogens with two attached hydrogens (primary N) is 1. The van der Waals surface area contributed by atoms with Crippen LogP contribution >= 0.6 is 0 Å². The summed E-state index contributed by atoms with van der Waals surface area (Å²) < 4.78 is 4.56. The van der Waals surface area contributed by atoms with Crippen LogP contribution in [0.2, 0.25) is 0 Å². The van der Waals surface area contributed by atoms with E-state index in [-0.39, 0.29) is 6.42 Å². The summed E-state index contributed by atoms with van der Waals surface area (Å²) in [6.07, 6.45) is 6.42. The third-order valence-corrected chi connectivity index (χ3v) is 1.81. The molecule has 0 aromatic carbocycles. The quantitative estimate of drug-likeness (QED) is 0.759. The first-order valence-electron chi connectivity index (χ1n) is 4.61. The van der Waals surface area contributed by atoms with Gasteiger partial charge in [0.2, 0.25) is 5.91 Å². The molecule has 0 saturated heterocycles. The van der Waals surface area contributed by atoms with Crippen LogP contribution in [0.15, 0.2) is 24.5 Å². The third kappa shape index (κ3) is 3.53. The molecule has 0 fully saturated rings. The zero-order chi connectivity index (χ0) is 12.0. The van der Waals surface area contributed by atoms with Crippen LogP contribution < -0.4 is 5.73 Å². The lowest BCUT2D eigenvalue weighted by Gasteiger charge is -1.99. The lowest BCUT2D eigenvalue weighted by atomic mass is 10.2. The average Bonchev–Trinajstić information content (AvgIpc) is 2.28. The number of hydrogen-bond donors (Lipinski definition) is 1. The predicted octanol–water partition coefficient (Wildman–Crippen LogP) is 0.757. The van der Waals surface area contributed by atoms with Gasteiger partial charge in [-0.2, -0.15) is 0 Å². The van der Waals surface area contributed by atoms with Crippen molar-refractivity contribution in [2.24, 2.45) is 5.73 Å². The van der Waals surface area contributed by atoms with E-state index in [4.69, 9.17) is 5.73 Å². The van der Waals surface area contributed by atoms with Crippen LogP contribution in [-0.4, -0.2) is 24.0 Å². The van der Waals surface area contributed by atoms with Crippen LogP contribution in [0.3, 0.4) is 0 Å². The van der Waals surface area contributed by atoms with Crippen LogP contribution in [0.4, 0.5) is 0 Å². The van der Waals surface area contributed by atoms with Gasteiger partial charge in [-0.1, -0.05) is 12.2 Å². The normalized spacial score (nSPS) is 10.3. The molecule has 0 bridgehead atoms. The molecule has 5 heteroatoms. The van der Waals surface area contributed by atoms with E-state index in [1.807, 2.05) is 0 Å². The van der Waals surface area contributed by atoms with E-state index < -0.39 is 11.9 Å². The third-order valence-electron chi connectivity index (χ3n) is 1.81. The first-order valence-corrected chi connectivity index (χ1v) is 4.61. The molecule has 0 radical (unpaired) electrons. The Hall–Kier alpha value is -2.17. The molecule has 5 nitrogen and oxygen atoms in total. The monoisotopic (exact) mass is 220 g/mol. The van der Waals surface area contributed by atoms with Crippen LogP contribution in [0.1, 0.15) is 22.3 Å². The Bertz CT molecular complexity index is 427. The van der Waals surface area contributed by atoms with Crippen LogP contribution in [0.5, 0.6) is 0 Å². The molecular formula is C11H12N2O3. The second kappa shape index (κ2) is 5.65. The number of carbonyl (C=O) groups is 2. The molecule has 2 N–H and O–H groups in total. The summed E-state index contributed by atoms with van der Waals surface area (Å²) in [5.41, 5.74) is 6.05. The maximum atomic E-state index is 11.2. The van der Waals surface area contributed by atoms with Crippen LogP contribution in [0, 0.1) is 0 Å². The zero-order valence-corrected chi connectivity index (χ0v) is 8.84. The van der Waals surface area contributed by atoms with Crippen LogP contribution in [0.25, 0.3) is 6.08 Å². The molecule has 0 aliphatic carbocycles. The summed E-state index contributed by atoms with van der Waals surface area (Å²) >= 11 is 0. The second-order valence-corrected chi connectivity index (χ2v) is 3.07. The molecule has 0 aliphatic heterocycles. The Morgan fingerprint density at radius 1 is 1.50 bits per heavy atom. The van der Waals surface area contributed by atoms with Gasteiger partial charge in [0, 0.05) is 18.8 Å². The van der Waals surface area contributed by atoms with E-state index in [1.54, 1.807) is 24.4 Å². The minimum Gasteiger partial charge on any atom is -0.465 e. The number of amides is 1. The van der Waals surface area contributed by atoms with E-state index >= 15 is 0 Å². The molecule has 0 aliphatic rings. The number of methoxy groups -OCH3 is 1. The standard InChI is InChI=1S/C11H12N2O3/c1-16-11(15)9-5-8(6-13-7-9)3-2-4-10(12)14/h2-3,5-7H,4H2,1H3,(H2,12,14). The minimum absolute atomic E-state index is 0.155. The van der Waals surface area contributed by atoms with Gasteiger partial charge < -0.3 is 10.5 Å². The first-order chi connectivity index (χ1) is 7.63. The highest BCUT2D eigenvalue weighted by Gasteiger charge is 2.04. The number of rotatable bonds is 4. The van der Waals surface area contributed by atoms with Gasteiger partial charge in [-0.25, -0.2) is 4.79 Å². The highest BCUT2D eigenvalue weighted by Crippen LogP contribution is 2.06.